The Hall–Kier alpha value is -3.41. The molecule has 0 N–H and O–H groups in total. The van der Waals surface area contributed by atoms with Gasteiger partial charge in [0.2, 0.25) is 0 Å². The second kappa shape index (κ2) is 6.60. The van der Waals surface area contributed by atoms with Crippen molar-refractivity contribution in [2.45, 2.75) is 0 Å². The molecule has 0 atom stereocenters. The summed E-state index contributed by atoms with van der Waals surface area (Å²) in [6.07, 6.45) is 1.47. The van der Waals surface area contributed by atoms with E-state index in [0.717, 1.165) is 4.90 Å². The number of methoxy groups -OCH3 is 1. The highest BCUT2D eigenvalue weighted by molar-refractivity contribution is 6.22. The van der Waals surface area contributed by atoms with E-state index in [9.17, 15) is 14.4 Å². The smallest absolute Gasteiger partial charge is 0.343 e. The second-order valence-corrected chi connectivity index (χ2v) is 5.31. The van der Waals surface area contributed by atoms with Crippen LogP contribution in [0.2, 0.25) is 0 Å². The third-order valence-electron chi connectivity index (χ3n) is 3.79. The van der Waals surface area contributed by atoms with Crippen LogP contribution in [0.3, 0.4) is 0 Å². The topological polar surface area (TPSA) is 72.9 Å². The van der Waals surface area contributed by atoms with E-state index in [-0.39, 0.29) is 29.0 Å². The van der Waals surface area contributed by atoms with Gasteiger partial charge in [0.1, 0.15) is 0 Å². The number of para-hydroxylation sites is 2. The Morgan fingerprint density at radius 2 is 1.76 bits per heavy atom. The molecule has 2 aromatic rings. The maximum absolute atomic E-state index is 12.4. The molecule has 0 radical (unpaired) electrons. The molecule has 126 valence electrons. The first-order valence-corrected chi connectivity index (χ1v) is 7.53. The number of carbonyl (C=O) groups is 3. The summed E-state index contributed by atoms with van der Waals surface area (Å²) in [6.45, 7) is 3.65. The molecule has 0 unspecified atom stereocenters. The molecule has 0 saturated heterocycles. The summed E-state index contributed by atoms with van der Waals surface area (Å²) in [5.74, 6) is -0.808. The number of hydrogen-bond donors (Lipinski definition) is 0. The van der Waals surface area contributed by atoms with Crippen LogP contribution in [-0.2, 0) is 0 Å². The fraction of sp³-hybridized carbons (Fsp3) is 0.105. The molecule has 1 aliphatic rings. The van der Waals surface area contributed by atoms with Gasteiger partial charge in [-0.2, -0.15) is 0 Å². The first-order valence-electron chi connectivity index (χ1n) is 7.53. The van der Waals surface area contributed by atoms with Crippen LogP contribution in [0.4, 0.5) is 0 Å². The molecular formula is C19H15NO5. The number of imide groups is 1. The predicted octanol–water partition coefficient (Wildman–Crippen LogP) is 2.70. The zero-order valence-electron chi connectivity index (χ0n) is 13.5. The molecule has 25 heavy (non-hydrogen) atoms. The molecule has 2 amide bonds. The molecule has 1 aliphatic heterocycles. The highest BCUT2D eigenvalue weighted by Gasteiger charge is 2.35. The molecule has 0 fully saturated rings. The summed E-state index contributed by atoms with van der Waals surface area (Å²) in [4.78, 5) is 37.9. The number of rotatable bonds is 5. The van der Waals surface area contributed by atoms with Crippen LogP contribution in [0.25, 0.3) is 0 Å². The molecule has 0 saturated carbocycles. The van der Waals surface area contributed by atoms with Gasteiger partial charge in [0, 0.05) is 6.54 Å². The first-order chi connectivity index (χ1) is 12.1. The van der Waals surface area contributed by atoms with Crippen LogP contribution in [0.15, 0.2) is 55.1 Å². The molecule has 0 aromatic heterocycles. The Morgan fingerprint density at radius 3 is 2.44 bits per heavy atom. The number of hydrogen-bond acceptors (Lipinski definition) is 5. The van der Waals surface area contributed by atoms with Gasteiger partial charge in [0.25, 0.3) is 11.8 Å². The molecule has 3 rings (SSSR count). The molecule has 0 spiro atoms. The lowest BCUT2D eigenvalue weighted by Crippen LogP contribution is -2.29. The highest BCUT2D eigenvalue weighted by atomic mass is 16.6. The average molecular weight is 337 g/mol. The van der Waals surface area contributed by atoms with Crippen molar-refractivity contribution in [3.63, 3.8) is 0 Å². The van der Waals surface area contributed by atoms with Crippen molar-refractivity contribution in [2.75, 3.05) is 13.7 Å². The van der Waals surface area contributed by atoms with Gasteiger partial charge in [0.05, 0.1) is 23.8 Å². The Balaban J connectivity index is 1.88. The predicted molar refractivity (Wildman–Crippen MR) is 90.0 cm³/mol. The maximum atomic E-state index is 12.4. The quantitative estimate of drug-likeness (QED) is 0.363. The summed E-state index contributed by atoms with van der Waals surface area (Å²) in [7, 11) is 1.47. The number of esters is 1. The molecule has 1 heterocycles. The monoisotopic (exact) mass is 337 g/mol. The van der Waals surface area contributed by atoms with Crippen LogP contribution in [0.5, 0.6) is 11.5 Å². The van der Waals surface area contributed by atoms with Gasteiger partial charge < -0.3 is 9.47 Å². The summed E-state index contributed by atoms with van der Waals surface area (Å²) in [6, 6.07) is 11.0. The lowest BCUT2D eigenvalue weighted by atomic mass is 10.1. The molecular weight excluding hydrogens is 322 g/mol. The zero-order chi connectivity index (χ0) is 18.0. The van der Waals surface area contributed by atoms with Crippen LogP contribution in [0, 0.1) is 0 Å². The van der Waals surface area contributed by atoms with Gasteiger partial charge in [-0.3, -0.25) is 14.5 Å². The number of benzene rings is 2. The zero-order valence-corrected chi connectivity index (χ0v) is 13.5. The maximum Gasteiger partial charge on any atom is 0.343 e. The Labute approximate surface area is 144 Å². The van der Waals surface area contributed by atoms with Gasteiger partial charge in [0.15, 0.2) is 11.5 Å². The number of carbonyl (C=O) groups excluding carboxylic acids is 3. The van der Waals surface area contributed by atoms with Crippen LogP contribution >= 0.6 is 0 Å². The van der Waals surface area contributed by atoms with E-state index in [0.29, 0.717) is 5.75 Å². The van der Waals surface area contributed by atoms with E-state index < -0.39 is 17.8 Å². The van der Waals surface area contributed by atoms with E-state index in [4.69, 9.17) is 9.47 Å². The minimum Gasteiger partial charge on any atom is -0.493 e. The second-order valence-electron chi connectivity index (χ2n) is 5.31. The SMILES string of the molecule is C=CCN1C(=O)c2ccc(C(=O)Oc3ccccc3OC)cc2C1=O. The average Bonchev–Trinajstić information content (AvgIpc) is 2.87. The normalized spacial score (nSPS) is 12.8. The third-order valence-corrected chi connectivity index (χ3v) is 3.79. The lowest BCUT2D eigenvalue weighted by Gasteiger charge is -2.09. The van der Waals surface area contributed by atoms with Crippen molar-refractivity contribution in [2.24, 2.45) is 0 Å². The number of nitrogens with zero attached hydrogens (tertiary/aromatic N) is 1. The molecule has 6 heteroatoms. The van der Waals surface area contributed by atoms with Gasteiger partial charge >= 0.3 is 5.97 Å². The van der Waals surface area contributed by atoms with E-state index in [2.05, 4.69) is 6.58 Å². The fourth-order valence-electron chi connectivity index (χ4n) is 2.57. The summed E-state index contributed by atoms with van der Waals surface area (Å²) >= 11 is 0. The Morgan fingerprint density at radius 1 is 1.08 bits per heavy atom. The van der Waals surface area contributed by atoms with Crippen molar-refractivity contribution in [3.05, 3.63) is 71.8 Å². The van der Waals surface area contributed by atoms with Crippen molar-refractivity contribution < 1.29 is 23.9 Å². The molecule has 6 nitrogen and oxygen atoms in total. The minimum absolute atomic E-state index is 0.118. The minimum atomic E-state index is -0.644. The summed E-state index contributed by atoms with van der Waals surface area (Å²) in [5, 5.41) is 0. The summed E-state index contributed by atoms with van der Waals surface area (Å²) < 4.78 is 10.5. The summed E-state index contributed by atoms with van der Waals surface area (Å²) in [5.41, 5.74) is 0.619. The van der Waals surface area contributed by atoms with Gasteiger partial charge in [-0.15, -0.1) is 6.58 Å². The third kappa shape index (κ3) is 2.89. The standard InChI is InChI=1S/C19H15NO5/c1-3-10-20-17(21)13-9-8-12(11-14(13)18(20)22)19(23)25-16-7-5-4-6-15(16)24-2/h3-9,11H,1,10H2,2H3. The van der Waals surface area contributed by atoms with Gasteiger partial charge in [-0.25, -0.2) is 4.79 Å². The molecule has 2 aromatic carbocycles. The fourth-order valence-corrected chi connectivity index (χ4v) is 2.57. The number of amides is 2. The van der Waals surface area contributed by atoms with Crippen molar-refractivity contribution >= 4 is 17.8 Å². The van der Waals surface area contributed by atoms with Crippen molar-refractivity contribution in [1.82, 2.24) is 4.90 Å². The van der Waals surface area contributed by atoms with Crippen LogP contribution in [-0.4, -0.2) is 36.3 Å². The van der Waals surface area contributed by atoms with Crippen molar-refractivity contribution in [3.8, 4) is 11.5 Å². The highest BCUT2D eigenvalue weighted by Crippen LogP contribution is 2.28. The number of ether oxygens (including phenoxy) is 2. The molecule has 0 bridgehead atoms. The first kappa shape index (κ1) is 16.4. The largest absolute Gasteiger partial charge is 0.493 e. The Bertz CT molecular complexity index is 887. The van der Waals surface area contributed by atoms with Crippen LogP contribution < -0.4 is 9.47 Å². The van der Waals surface area contributed by atoms with E-state index in [1.54, 1.807) is 24.3 Å². The van der Waals surface area contributed by atoms with E-state index in [1.807, 2.05) is 0 Å². The van der Waals surface area contributed by atoms with Crippen LogP contribution in [0.1, 0.15) is 31.1 Å². The molecule has 0 aliphatic carbocycles. The Kier molecular flexibility index (Phi) is 4.35. The van der Waals surface area contributed by atoms with Gasteiger partial charge in [-0.05, 0) is 30.3 Å². The van der Waals surface area contributed by atoms with E-state index in [1.165, 1.54) is 31.4 Å². The van der Waals surface area contributed by atoms with Crippen molar-refractivity contribution in [1.29, 1.82) is 0 Å². The number of fused-ring (bicyclic) bond motifs is 1. The van der Waals surface area contributed by atoms with E-state index >= 15 is 0 Å². The van der Waals surface area contributed by atoms with Gasteiger partial charge in [-0.1, -0.05) is 18.2 Å². The lowest BCUT2D eigenvalue weighted by molar-refractivity contribution is 0.0671.